The second-order valence-electron chi connectivity index (χ2n) is 5.15. The van der Waals surface area contributed by atoms with Crippen molar-refractivity contribution in [1.82, 2.24) is 10.2 Å². The molecule has 0 aromatic heterocycles. The summed E-state index contributed by atoms with van der Waals surface area (Å²) < 4.78 is 5.71. The molecule has 1 N–H and O–H groups in total. The van der Waals surface area contributed by atoms with Gasteiger partial charge in [0.15, 0.2) is 0 Å². The summed E-state index contributed by atoms with van der Waals surface area (Å²) in [6, 6.07) is 0.704. The molecule has 2 rings (SSSR count). The largest absolute Gasteiger partial charge is 0.363 e. The van der Waals surface area contributed by atoms with Crippen LogP contribution in [0, 0.1) is 5.92 Å². The van der Waals surface area contributed by atoms with E-state index in [-0.39, 0.29) is 12.4 Å². The summed E-state index contributed by atoms with van der Waals surface area (Å²) in [7, 11) is 0. The number of ether oxygens (including phenoxy) is 1. The first-order valence-electron chi connectivity index (χ1n) is 6.34. The average molecular weight is 249 g/mol. The molecule has 0 radical (unpaired) electrons. The summed E-state index contributed by atoms with van der Waals surface area (Å²) in [4.78, 5) is 2.58. The highest BCUT2D eigenvalue weighted by molar-refractivity contribution is 5.85. The van der Waals surface area contributed by atoms with Gasteiger partial charge >= 0.3 is 0 Å². The van der Waals surface area contributed by atoms with Crippen molar-refractivity contribution in [2.24, 2.45) is 5.92 Å². The second-order valence-corrected chi connectivity index (χ2v) is 5.15. The quantitative estimate of drug-likeness (QED) is 0.825. The number of halogens is 1. The van der Waals surface area contributed by atoms with E-state index < -0.39 is 0 Å². The first kappa shape index (κ1) is 14.2. The Kier molecular flexibility index (Phi) is 6.05. The van der Waals surface area contributed by atoms with Gasteiger partial charge in [-0.2, -0.15) is 0 Å². The van der Waals surface area contributed by atoms with E-state index in [0.29, 0.717) is 12.3 Å². The summed E-state index contributed by atoms with van der Waals surface area (Å²) in [6.07, 6.45) is 4.04. The molecular weight excluding hydrogens is 224 g/mol. The van der Waals surface area contributed by atoms with E-state index in [4.69, 9.17) is 4.74 Å². The molecule has 2 atom stereocenters. The summed E-state index contributed by atoms with van der Waals surface area (Å²) in [5.74, 6) is 0.836. The zero-order valence-electron chi connectivity index (χ0n) is 10.4. The molecule has 2 aliphatic rings. The normalized spacial score (nSPS) is 31.7. The minimum Gasteiger partial charge on any atom is -0.363 e. The van der Waals surface area contributed by atoms with Crippen LogP contribution in [-0.4, -0.2) is 43.4 Å². The molecule has 0 spiro atoms. The number of likely N-dealkylation sites (tertiary alicyclic amines) is 1. The maximum Gasteiger partial charge on any atom is 0.108 e. The molecule has 4 heteroatoms. The highest BCUT2D eigenvalue weighted by atomic mass is 35.5. The Morgan fingerprint density at radius 2 is 2.25 bits per heavy atom. The van der Waals surface area contributed by atoms with Gasteiger partial charge in [0.05, 0.1) is 0 Å². The van der Waals surface area contributed by atoms with Crippen LogP contribution in [0.1, 0.15) is 33.1 Å². The smallest absolute Gasteiger partial charge is 0.108 e. The van der Waals surface area contributed by atoms with Gasteiger partial charge in [0.1, 0.15) is 6.23 Å². The Morgan fingerprint density at radius 3 is 2.81 bits per heavy atom. The van der Waals surface area contributed by atoms with E-state index in [1.807, 2.05) is 0 Å². The van der Waals surface area contributed by atoms with Crippen LogP contribution in [0.5, 0.6) is 0 Å². The van der Waals surface area contributed by atoms with E-state index in [0.717, 1.165) is 19.1 Å². The van der Waals surface area contributed by atoms with Crippen LogP contribution in [0.25, 0.3) is 0 Å². The van der Waals surface area contributed by atoms with Crippen molar-refractivity contribution < 1.29 is 4.74 Å². The van der Waals surface area contributed by atoms with Crippen LogP contribution in [0.15, 0.2) is 0 Å². The molecule has 0 aromatic rings. The fraction of sp³-hybridized carbons (Fsp3) is 1.00. The summed E-state index contributed by atoms with van der Waals surface area (Å²) >= 11 is 0. The Balaban J connectivity index is 0.00000128. The predicted molar refractivity (Wildman–Crippen MR) is 69.0 cm³/mol. The molecule has 3 nitrogen and oxygen atoms in total. The van der Waals surface area contributed by atoms with E-state index in [1.54, 1.807) is 0 Å². The highest BCUT2D eigenvalue weighted by Gasteiger charge is 2.27. The van der Waals surface area contributed by atoms with Crippen molar-refractivity contribution in [1.29, 1.82) is 0 Å². The third-order valence-corrected chi connectivity index (χ3v) is 3.61. The molecule has 2 saturated heterocycles. The fourth-order valence-electron chi connectivity index (χ4n) is 2.60. The zero-order chi connectivity index (χ0) is 10.7. The van der Waals surface area contributed by atoms with E-state index >= 15 is 0 Å². The van der Waals surface area contributed by atoms with Gasteiger partial charge in [0.25, 0.3) is 0 Å². The first-order valence-corrected chi connectivity index (χ1v) is 6.34. The summed E-state index contributed by atoms with van der Waals surface area (Å²) in [5.41, 5.74) is 0. The fourth-order valence-corrected chi connectivity index (χ4v) is 2.60. The Morgan fingerprint density at radius 1 is 1.44 bits per heavy atom. The Labute approximate surface area is 105 Å². The van der Waals surface area contributed by atoms with Gasteiger partial charge < -0.3 is 9.64 Å². The molecule has 2 unspecified atom stereocenters. The SMILES string of the molecule is CC(C)N1CCC(CC2NCCCO2)C1.Cl. The monoisotopic (exact) mass is 248 g/mol. The third-order valence-electron chi connectivity index (χ3n) is 3.61. The van der Waals surface area contributed by atoms with Crippen molar-refractivity contribution >= 4 is 12.4 Å². The van der Waals surface area contributed by atoms with Gasteiger partial charge in [-0.3, -0.25) is 5.32 Å². The van der Waals surface area contributed by atoms with Gasteiger partial charge in [0, 0.05) is 19.2 Å². The molecule has 0 aromatic carbocycles. The number of nitrogens with zero attached hydrogens (tertiary/aromatic N) is 1. The Bertz CT molecular complexity index is 195. The number of hydrogen-bond acceptors (Lipinski definition) is 3. The standard InChI is InChI=1S/C12H24N2O.ClH/c1-10(2)14-6-4-11(9-14)8-12-13-5-3-7-15-12;/h10-13H,3-9H2,1-2H3;1H. The van der Waals surface area contributed by atoms with E-state index in [1.165, 1.54) is 32.4 Å². The first-order chi connectivity index (χ1) is 7.25. The lowest BCUT2D eigenvalue weighted by Gasteiger charge is -2.27. The van der Waals surface area contributed by atoms with E-state index in [2.05, 4.69) is 24.1 Å². The van der Waals surface area contributed by atoms with Crippen LogP contribution in [0.3, 0.4) is 0 Å². The molecule has 0 amide bonds. The minimum atomic E-state index is 0. The molecule has 96 valence electrons. The molecule has 0 bridgehead atoms. The molecule has 2 fully saturated rings. The highest BCUT2D eigenvalue weighted by Crippen LogP contribution is 2.23. The van der Waals surface area contributed by atoms with E-state index in [9.17, 15) is 0 Å². The topological polar surface area (TPSA) is 24.5 Å². The van der Waals surface area contributed by atoms with Gasteiger partial charge in [-0.25, -0.2) is 0 Å². The maximum absolute atomic E-state index is 5.71. The van der Waals surface area contributed by atoms with Crippen LogP contribution < -0.4 is 5.32 Å². The van der Waals surface area contributed by atoms with Crippen LogP contribution in [-0.2, 0) is 4.74 Å². The number of nitrogens with one attached hydrogen (secondary N) is 1. The van der Waals surface area contributed by atoms with Gasteiger partial charge in [0.2, 0.25) is 0 Å². The van der Waals surface area contributed by atoms with Crippen molar-refractivity contribution in [2.45, 2.75) is 45.4 Å². The predicted octanol–water partition coefficient (Wildman–Crippen LogP) is 1.86. The van der Waals surface area contributed by atoms with Gasteiger partial charge in [-0.05, 0) is 52.1 Å². The molecular formula is C12H25ClN2O. The number of hydrogen-bond donors (Lipinski definition) is 1. The van der Waals surface area contributed by atoms with Crippen molar-refractivity contribution in [3.8, 4) is 0 Å². The van der Waals surface area contributed by atoms with Crippen molar-refractivity contribution in [3.63, 3.8) is 0 Å². The molecule has 2 aliphatic heterocycles. The molecule has 0 aliphatic carbocycles. The minimum absolute atomic E-state index is 0. The Hall–Kier alpha value is 0.170. The average Bonchev–Trinajstić information content (AvgIpc) is 2.68. The van der Waals surface area contributed by atoms with Gasteiger partial charge in [-0.1, -0.05) is 0 Å². The summed E-state index contributed by atoms with van der Waals surface area (Å²) in [6.45, 7) is 9.19. The molecule has 0 saturated carbocycles. The van der Waals surface area contributed by atoms with Crippen LogP contribution in [0.4, 0.5) is 0 Å². The van der Waals surface area contributed by atoms with Crippen LogP contribution in [0.2, 0.25) is 0 Å². The lowest BCUT2D eigenvalue weighted by molar-refractivity contribution is -0.0126. The molecule has 2 heterocycles. The molecule has 16 heavy (non-hydrogen) atoms. The summed E-state index contributed by atoms with van der Waals surface area (Å²) in [5, 5.41) is 3.45. The maximum atomic E-state index is 5.71. The van der Waals surface area contributed by atoms with Crippen molar-refractivity contribution in [2.75, 3.05) is 26.2 Å². The van der Waals surface area contributed by atoms with Gasteiger partial charge in [-0.15, -0.1) is 12.4 Å². The zero-order valence-corrected chi connectivity index (χ0v) is 11.3. The third kappa shape index (κ3) is 3.88. The lowest BCUT2D eigenvalue weighted by Crippen LogP contribution is -2.40. The lowest BCUT2D eigenvalue weighted by atomic mass is 10.0. The second kappa shape index (κ2) is 6.80. The van der Waals surface area contributed by atoms with Crippen LogP contribution >= 0.6 is 12.4 Å². The van der Waals surface area contributed by atoms with Crippen molar-refractivity contribution in [3.05, 3.63) is 0 Å². The number of rotatable bonds is 3.